The summed E-state index contributed by atoms with van der Waals surface area (Å²) >= 11 is 8.28. The Balaban J connectivity index is 1.89. The van der Waals surface area contributed by atoms with Gasteiger partial charge in [-0.1, -0.05) is 54.9 Å². The summed E-state index contributed by atoms with van der Waals surface area (Å²) in [6.45, 7) is 5.11. The van der Waals surface area contributed by atoms with E-state index in [-0.39, 0.29) is 0 Å². The Morgan fingerprint density at radius 1 is 1.10 bits per heavy atom. The smallest absolute Gasteiger partial charge is 0.0642 e. The summed E-state index contributed by atoms with van der Waals surface area (Å²) in [5.74, 6) is 0. The van der Waals surface area contributed by atoms with Crippen molar-refractivity contribution in [2.45, 2.75) is 26.8 Å². The van der Waals surface area contributed by atoms with E-state index in [4.69, 9.17) is 11.6 Å². The number of anilines is 1. The molecule has 21 heavy (non-hydrogen) atoms. The lowest BCUT2D eigenvalue weighted by Crippen LogP contribution is -2.03. The summed E-state index contributed by atoms with van der Waals surface area (Å²) in [7, 11) is 0. The first-order chi connectivity index (χ1) is 10.2. The van der Waals surface area contributed by atoms with Crippen molar-refractivity contribution in [3.8, 4) is 0 Å². The second-order valence-electron chi connectivity index (χ2n) is 5.15. The fourth-order valence-electron chi connectivity index (χ4n) is 2.62. The molecule has 0 fully saturated rings. The molecule has 1 heterocycles. The molecule has 3 rings (SSSR count). The number of thiophene rings is 1. The number of aryl methyl sites for hydroxylation is 2. The molecule has 0 aliphatic carbocycles. The minimum Gasteiger partial charge on any atom is -0.380 e. The first kappa shape index (κ1) is 14.4. The molecule has 3 aromatic rings. The predicted octanol–water partition coefficient (Wildman–Crippen LogP) is 6.04. The molecule has 0 unspecified atom stereocenters. The standard InChI is InChI=1S/C18H18ClNS/c1-3-13-8-6-7-12(2)18(13)20-11-16-17(19)14-9-4-5-10-15(14)21-16/h4-10,20H,3,11H2,1-2H3. The van der Waals surface area contributed by atoms with E-state index in [0.29, 0.717) is 0 Å². The first-order valence-corrected chi connectivity index (χ1v) is 8.38. The second-order valence-corrected chi connectivity index (χ2v) is 6.67. The van der Waals surface area contributed by atoms with E-state index >= 15 is 0 Å². The van der Waals surface area contributed by atoms with Crippen LogP contribution in [0.3, 0.4) is 0 Å². The van der Waals surface area contributed by atoms with Crippen LogP contribution in [0.5, 0.6) is 0 Å². The van der Waals surface area contributed by atoms with Crippen LogP contribution in [0, 0.1) is 6.92 Å². The number of halogens is 1. The topological polar surface area (TPSA) is 12.0 Å². The summed E-state index contributed by atoms with van der Waals surface area (Å²) in [5.41, 5.74) is 3.88. The van der Waals surface area contributed by atoms with Gasteiger partial charge in [-0.05, 0) is 30.5 Å². The van der Waals surface area contributed by atoms with Crippen LogP contribution in [0.25, 0.3) is 10.1 Å². The van der Waals surface area contributed by atoms with Crippen LogP contribution in [0.4, 0.5) is 5.69 Å². The first-order valence-electron chi connectivity index (χ1n) is 7.19. The normalized spacial score (nSPS) is 11.0. The Bertz CT molecular complexity index is 776. The van der Waals surface area contributed by atoms with Crippen LogP contribution in [0.1, 0.15) is 22.9 Å². The zero-order valence-corrected chi connectivity index (χ0v) is 13.8. The van der Waals surface area contributed by atoms with Gasteiger partial charge < -0.3 is 5.32 Å². The maximum atomic E-state index is 6.51. The van der Waals surface area contributed by atoms with E-state index in [1.807, 2.05) is 6.07 Å². The van der Waals surface area contributed by atoms with Crippen molar-refractivity contribution in [3.63, 3.8) is 0 Å². The molecular weight excluding hydrogens is 298 g/mol. The van der Waals surface area contributed by atoms with Crippen LogP contribution in [0.2, 0.25) is 5.02 Å². The van der Waals surface area contributed by atoms with Crippen molar-refractivity contribution in [1.29, 1.82) is 0 Å². The maximum Gasteiger partial charge on any atom is 0.0642 e. The fourth-order valence-corrected chi connectivity index (χ4v) is 4.06. The molecule has 0 radical (unpaired) electrons. The molecule has 0 bridgehead atoms. The number of nitrogens with one attached hydrogen (secondary N) is 1. The number of rotatable bonds is 4. The third-order valence-corrected chi connectivity index (χ3v) is 5.48. The summed E-state index contributed by atoms with van der Waals surface area (Å²) < 4.78 is 1.25. The van der Waals surface area contributed by atoms with E-state index in [9.17, 15) is 0 Å². The third kappa shape index (κ3) is 2.78. The minimum absolute atomic E-state index is 0.774. The second kappa shape index (κ2) is 6.08. The van der Waals surface area contributed by atoms with Crippen molar-refractivity contribution in [2.24, 2.45) is 0 Å². The van der Waals surface area contributed by atoms with Crippen molar-refractivity contribution in [1.82, 2.24) is 0 Å². The van der Waals surface area contributed by atoms with Gasteiger partial charge >= 0.3 is 0 Å². The van der Waals surface area contributed by atoms with Gasteiger partial charge in [-0.2, -0.15) is 0 Å². The molecule has 2 aromatic carbocycles. The molecule has 0 atom stereocenters. The lowest BCUT2D eigenvalue weighted by molar-refractivity contribution is 1.09. The average Bonchev–Trinajstić information content (AvgIpc) is 2.83. The van der Waals surface area contributed by atoms with Crippen LogP contribution in [-0.4, -0.2) is 0 Å². The van der Waals surface area contributed by atoms with E-state index in [0.717, 1.165) is 23.4 Å². The van der Waals surface area contributed by atoms with Crippen LogP contribution >= 0.6 is 22.9 Å². The van der Waals surface area contributed by atoms with Gasteiger partial charge in [0.1, 0.15) is 0 Å². The largest absolute Gasteiger partial charge is 0.380 e. The van der Waals surface area contributed by atoms with Gasteiger partial charge in [-0.25, -0.2) is 0 Å². The molecule has 3 heteroatoms. The molecule has 1 nitrogen and oxygen atoms in total. The Morgan fingerprint density at radius 3 is 2.67 bits per heavy atom. The van der Waals surface area contributed by atoms with E-state index in [1.54, 1.807) is 11.3 Å². The monoisotopic (exact) mass is 315 g/mol. The van der Waals surface area contributed by atoms with E-state index in [2.05, 4.69) is 55.6 Å². The highest BCUT2D eigenvalue weighted by molar-refractivity contribution is 7.19. The number of para-hydroxylation sites is 1. The van der Waals surface area contributed by atoms with E-state index < -0.39 is 0 Å². The zero-order valence-electron chi connectivity index (χ0n) is 12.2. The molecular formula is C18H18ClNS. The molecule has 1 N–H and O–H groups in total. The molecule has 0 spiro atoms. The molecule has 0 aliphatic heterocycles. The number of hydrogen-bond acceptors (Lipinski definition) is 2. The van der Waals surface area contributed by atoms with Gasteiger partial charge in [0.25, 0.3) is 0 Å². The van der Waals surface area contributed by atoms with Gasteiger partial charge in [-0.3, -0.25) is 0 Å². The molecule has 0 saturated carbocycles. The van der Waals surface area contributed by atoms with Crippen LogP contribution in [-0.2, 0) is 13.0 Å². The maximum absolute atomic E-state index is 6.51. The Labute approximate surface area is 134 Å². The van der Waals surface area contributed by atoms with Crippen molar-refractivity contribution in [2.75, 3.05) is 5.32 Å². The SMILES string of the molecule is CCc1cccc(C)c1NCc1sc2ccccc2c1Cl. The van der Waals surface area contributed by atoms with Crippen LogP contribution in [0.15, 0.2) is 42.5 Å². The number of fused-ring (bicyclic) bond motifs is 1. The minimum atomic E-state index is 0.774. The highest BCUT2D eigenvalue weighted by Crippen LogP contribution is 2.35. The van der Waals surface area contributed by atoms with Gasteiger partial charge in [0.15, 0.2) is 0 Å². The summed E-state index contributed by atoms with van der Waals surface area (Å²) in [6.07, 6.45) is 1.03. The van der Waals surface area contributed by atoms with E-state index in [1.165, 1.54) is 26.4 Å². The van der Waals surface area contributed by atoms with Gasteiger partial charge in [0.05, 0.1) is 11.6 Å². The molecule has 1 aromatic heterocycles. The summed E-state index contributed by atoms with van der Waals surface area (Å²) in [5, 5.41) is 5.61. The zero-order chi connectivity index (χ0) is 14.8. The van der Waals surface area contributed by atoms with Crippen LogP contribution < -0.4 is 5.32 Å². The summed E-state index contributed by atoms with van der Waals surface area (Å²) in [4.78, 5) is 1.20. The predicted molar refractivity (Wildman–Crippen MR) is 94.7 cm³/mol. The van der Waals surface area contributed by atoms with Crippen molar-refractivity contribution >= 4 is 38.7 Å². The third-order valence-electron chi connectivity index (χ3n) is 3.77. The number of hydrogen-bond donors (Lipinski definition) is 1. The quantitative estimate of drug-likeness (QED) is 0.619. The Morgan fingerprint density at radius 2 is 1.90 bits per heavy atom. The van der Waals surface area contributed by atoms with Crippen molar-refractivity contribution in [3.05, 3.63) is 63.5 Å². The highest BCUT2D eigenvalue weighted by atomic mass is 35.5. The Hall–Kier alpha value is -1.51. The fraction of sp³-hybridized carbons (Fsp3) is 0.222. The summed E-state index contributed by atoms with van der Waals surface area (Å²) in [6, 6.07) is 14.8. The highest BCUT2D eigenvalue weighted by Gasteiger charge is 2.11. The molecule has 0 aliphatic rings. The lowest BCUT2D eigenvalue weighted by Gasteiger charge is -2.13. The van der Waals surface area contributed by atoms with Gasteiger partial charge in [0.2, 0.25) is 0 Å². The average molecular weight is 316 g/mol. The van der Waals surface area contributed by atoms with Crippen molar-refractivity contribution < 1.29 is 0 Å². The molecule has 0 amide bonds. The van der Waals surface area contributed by atoms with Gasteiger partial charge in [-0.15, -0.1) is 11.3 Å². The lowest BCUT2D eigenvalue weighted by atomic mass is 10.1. The Kier molecular flexibility index (Phi) is 4.18. The molecule has 108 valence electrons. The number of benzene rings is 2. The molecule has 0 saturated heterocycles. The van der Waals surface area contributed by atoms with Gasteiger partial charge in [0, 0.05) is 20.7 Å².